The Bertz CT molecular complexity index is 601. The third-order valence-electron chi connectivity index (χ3n) is 3.53. The van der Waals surface area contributed by atoms with E-state index in [0.29, 0.717) is 13.1 Å². The van der Waals surface area contributed by atoms with E-state index in [4.69, 9.17) is 4.74 Å². The third-order valence-corrected chi connectivity index (χ3v) is 4.48. The molecule has 1 aromatic carbocycles. The molecule has 0 saturated heterocycles. The van der Waals surface area contributed by atoms with Crippen LogP contribution in [0.3, 0.4) is 0 Å². The van der Waals surface area contributed by atoms with Gasteiger partial charge < -0.3 is 10.1 Å². The van der Waals surface area contributed by atoms with Crippen LogP contribution in [0, 0.1) is 0 Å². The van der Waals surface area contributed by atoms with Crippen LogP contribution in [0.2, 0.25) is 0 Å². The second-order valence-electron chi connectivity index (χ2n) is 5.05. The molecule has 1 atom stereocenters. The van der Waals surface area contributed by atoms with Crippen LogP contribution in [0.25, 0.3) is 0 Å². The van der Waals surface area contributed by atoms with Crippen LogP contribution in [0.1, 0.15) is 23.5 Å². The van der Waals surface area contributed by atoms with Crippen molar-refractivity contribution in [1.29, 1.82) is 0 Å². The molecule has 0 bridgehead atoms. The molecule has 0 aliphatic heterocycles. The van der Waals surface area contributed by atoms with Crippen LogP contribution in [0.5, 0.6) is 5.75 Å². The van der Waals surface area contributed by atoms with Gasteiger partial charge in [0.2, 0.25) is 5.91 Å². The molecule has 1 heterocycles. The van der Waals surface area contributed by atoms with Gasteiger partial charge in [0.15, 0.2) is 0 Å². The lowest BCUT2D eigenvalue weighted by molar-refractivity contribution is -0.122. The number of methoxy groups -OCH3 is 1. The predicted octanol–water partition coefficient (Wildman–Crippen LogP) is 2.46. The highest BCUT2D eigenvalue weighted by Gasteiger charge is 2.16. The molecule has 1 amide bonds. The Morgan fingerprint density at radius 3 is 2.91 bits per heavy atom. The highest BCUT2D eigenvalue weighted by molar-refractivity contribution is 7.09. The Balaban J connectivity index is 1.85. The van der Waals surface area contributed by atoms with Crippen molar-refractivity contribution in [2.24, 2.45) is 0 Å². The van der Waals surface area contributed by atoms with Gasteiger partial charge in [0.1, 0.15) is 10.8 Å². The zero-order chi connectivity index (χ0) is 15.9. The van der Waals surface area contributed by atoms with Crippen molar-refractivity contribution in [3.8, 4) is 5.75 Å². The Morgan fingerprint density at radius 2 is 2.23 bits per heavy atom. The van der Waals surface area contributed by atoms with E-state index < -0.39 is 0 Å². The lowest BCUT2D eigenvalue weighted by atomic mass is 10.2. The largest absolute Gasteiger partial charge is 0.496 e. The Kier molecular flexibility index (Phi) is 5.91. The average Bonchev–Trinajstić information content (AvgIpc) is 3.06. The van der Waals surface area contributed by atoms with E-state index in [9.17, 15) is 4.79 Å². The summed E-state index contributed by atoms with van der Waals surface area (Å²) in [5, 5.41) is 5.89. The Labute approximate surface area is 134 Å². The van der Waals surface area contributed by atoms with Crippen LogP contribution in [-0.2, 0) is 11.3 Å². The normalized spacial score (nSPS) is 12.2. The van der Waals surface area contributed by atoms with Gasteiger partial charge in [-0.05, 0) is 20.0 Å². The Morgan fingerprint density at radius 1 is 1.45 bits per heavy atom. The van der Waals surface area contributed by atoms with Gasteiger partial charge in [-0.2, -0.15) is 0 Å². The van der Waals surface area contributed by atoms with Gasteiger partial charge in [-0.15, -0.1) is 11.3 Å². The number of nitrogens with one attached hydrogen (secondary N) is 1. The summed E-state index contributed by atoms with van der Waals surface area (Å²) in [6.07, 6.45) is 1.78. The van der Waals surface area contributed by atoms with Crippen molar-refractivity contribution < 1.29 is 9.53 Å². The van der Waals surface area contributed by atoms with Crippen LogP contribution >= 0.6 is 11.3 Å². The molecular weight excluding hydrogens is 298 g/mol. The standard InChI is InChI=1S/C16H21N3O2S/c1-12(16-17-8-9-22-16)19(2)11-15(20)18-10-13-6-4-5-7-14(13)21-3/h4-9,12H,10-11H2,1-3H3,(H,18,20)/t12-/m0/s1. The van der Waals surface area contributed by atoms with Gasteiger partial charge in [-0.3, -0.25) is 9.69 Å². The summed E-state index contributed by atoms with van der Waals surface area (Å²) in [6, 6.07) is 7.80. The number of hydrogen-bond acceptors (Lipinski definition) is 5. The molecule has 2 rings (SSSR count). The van der Waals surface area contributed by atoms with Gasteiger partial charge in [0.05, 0.1) is 19.7 Å². The number of rotatable bonds is 7. The molecule has 22 heavy (non-hydrogen) atoms. The molecule has 0 aliphatic carbocycles. The second-order valence-corrected chi connectivity index (χ2v) is 5.98. The number of carbonyl (C=O) groups is 1. The lowest BCUT2D eigenvalue weighted by Crippen LogP contribution is -2.36. The maximum Gasteiger partial charge on any atom is 0.234 e. The summed E-state index contributed by atoms with van der Waals surface area (Å²) in [7, 11) is 3.55. The molecular formula is C16H21N3O2S. The van der Waals surface area contributed by atoms with Gasteiger partial charge in [-0.1, -0.05) is 18.2 Å². The number of benzene rings is 1. The fraction of sp³-hybridized carbons (Fsp3) is 0.375. The number of hydrogen-bond donors (Lipinski definition) is 1. The second kappa shape index (κ2) is 7.91. The number of amides is 1. The van der Waals surface area contributed by atoms with Gasteiger partial charge in [-0.25, -0.2) is 4.98 Å². The molecule has 6 heteroatoms. The van der Waals surface area contributed by atoms with Crippen molar-refractivity contribution in [3.05, 3.63) is 46.4 Å². The first-order valence-corrected chi connectivity index (χ1v) is 7.98. The number of carbonyl (C=O) groups excluding carboxylic acids is 1. The van der Waals surface area contributed by atoms with E-state index in [2.05, 4.69) is 10.3 Å². The van der Waals surface area contributed by atoms with Gasteiger partial charge in [0, 0.05) is 23.7 Å². The van der Waals surface area contributed by atoms with Crippen LogP contribution in [0.4, 0.5) is 0 Å². The van der Waals surface area contributed by atoms with Crippen LogP contribution in [-0.4, -0.2) is 36.5 Å². The summed E-state index contributed by atoms with van der Waals surface area (Å²) >= 11 is 1.60. The zero-order valence-corrected chi connectivity index (χ0v) is 13.9. The van der Waals surface area contributed by atoms with E-state index in [-0.39, 0.29) is 11.9 Å². The highest BCUT2D eigenvalue weighted by Crippen LogP contribution is 2.20. The van der Waals surface area contributed by atoms with Crippen molar-refractivity contribution >= 4 is 17.2 Å². The summed E-state index contributed by atoms with van der Waals surface area (Å²) in [6.45, 7) is 2.84. The van der Waals surface area contributed by atoms with Crippen LogP contribution < -0.4 is 10.1 Å². The molecule has 1 aromatic heterocycles. The minimum Gasteiger partial charge on any atom is -0.496 e. The molecule has 0 fully saturated rings. The average molecular weight is 319 g/mol. The summed E-state index contributed by atoms with van der Waals surface area (Å²) in [5.74, 6) is 0.768. The molecule has 0 spiro atoms. The maximum absolute atomic E-state index is 12.1. The minimum atomic E-state index is -0.0168. The maximum atomic E-state index is 12.1. The number of nitrogens with zero attached hydrogens (tertiary/aromatic N) is 2. The first kappa shape index (κ1) is 16.5. The van der Waals surface area contributed by atoms with Crippen molar-refractivity contribution in [1.82, 2.24) is 15.2 Å². The first-order valence-electron chi connectivity index (χ1n) is 7.10. The SMILES string of the molecule is COc1ccccc1CNC(=O)CN(C)[C@@H](C)c1nccs1. The highest BCUT2D eigenvalue weighted by atomic mass is 32.1. The monoisotopic (exact) mass is 319 g/mol. The molecule has 0 unspecified atom stereocenters. The molecule has 0 aliphatic rings. The van der Waals surface area contributed by atoms with Crippen molar-refractivity contribution in [2.75, 3.05) is 20.7 Å². The quantitative estimate of drug-likeness (QED) is 0.852. The smallest absolute Gasteiger partial charge is 0.234 e. The van der Waals surface area contributed by atoms with Gasteiger partial charge >= 0.3 is 0 Å². The van der Waals surface area contributed by atoms with Crippen molar-refractivity contribution in [3.63, 3.8) is 0 Å². The molecule has 5 nitrogen and oxygen atoms in total. The number of para-hydroxylation sites is 1. The molecule has 118 valence electrons. The minimum absolute atomic E-state index is 0.0168. The summed E-state index contributed by atoms with van der Waals surface area (Å²) in [5.41, 5.74) is 0.967. The van der Waals surface area contributed by atoms with E-state index >= 15 is 0 Å². The fourth-order valence-corrected chi connectivity index (χ4v) is 2.85. The van der Waals surface area contributed by atoms with Crippen molar-refractivity contribution in [2.45, 2.75) is 19.5 Å². The fourth-order valence-electron chi connectivity index (χ4n) is 2.09. The number of thiazole rings is 1. The summed E-state index contributed by atoms with van der Waals surface area (Å²) < 4.78 is 5.28. The third kappa shape index (κ3) is 4.29. The van der Waals surface area contributed by atoms with Gasteiger partial charge in [0.25, 0.3) is 0 Å². The number of likely N-dealkylation sites (N-methyl/N-ethyl adjacent to an activating group) is 1. The molecule has 0 saturated carbocycles. The van der Waals surface area contributed by atoms with E-state index in [0.717, 1.165) is 16.3 Å². The summed E-state index contributed by atoms with van der Waals surface area (Å²) in [4.78, 5) is 18.4. The molecule has 2 aromatic rings. The molecule has 1 N–H and O–H groups in total. The topological polar surface area (TPSA) is 54.5 Å². The van der Waals surface area contributed by atoms with E-state index in [1.807, 2.05) is 48.5 Å². The van der Waals surface area contributed by atoms with Crippen LogP contribution in [0.15, 0.2) is 35.8 Å². The van der Waals surface area contributed by atoms with E-state index in [1.165, 1.54) is 0 Å². The number of ether oxygens (including phenoxy) is 1. The number of aromatic nitrogens is 1. The predicted molar refractivity (Wildman–Crippen MR) is 88.0 cm³/mol. The lowest BCUT2D eigenvalue weighted by Gasteiger charge is -2.22. The molecule has 0 radical (unpaired) electrons. The Hall–Kier alpha value is -1.92. The first-order chi connectivity index (χ1) is 10.6. The van der Waals surface area contributed by atoms with E-state index in [1.54, 1.807) is 24.6 Å². The zero-order valence-electron chi connectivity index (χ0n) is 13.1.